The minimum atomic E-state index is 0.469. The molecule has 0 saturated heterocycles. The number of pyridine rings is 1. The van der Waals surface area contributed by atoms with Gasteiger partial charge in [-0.2, -0.15) is 5.26 Å². The molecule has 1 aromatic rings. The second-order valence-corrected chi connectivity index (χ2v) is 4.37. The highest BCUT2D eigenvalue weighted by Crippen LogP contribution is 2.12. The first kappa shape index (κ1) is 14.2. The zero-order valence-corrected chi connectivity index (χ0v) is 11.1. The lowest BCUT2D eigenvalue weighted by molar-refractivity contribution is 0.962. The molecule has 0 spiro atoms. The molecule has 0 saturated carbocycles. The van der Waals surface area contributed by atoms with Crippen LogP contribution >= 0.6 is 0 Å². The average molecular weight is 244 g/mol. The highest BCUT2D eigenvalue weighted by atomic mass is 15.0. The van der Waals surface area contributed by atoms with E-state index in [-0.39, 0.29) is 0 Å². The molecule has 0 bridgehead atoms. The van der Waals surface area contributed by atoms with Crippen molar-refractivity contribution in [2.24, 2.45) is 0 Å². The fourth-order valence-corrected chi connectivity index (χ4v) is 1.82. The van der Waals surface area contributed by atoms with Crippen LogP contribution in [-0.2, 0) is 6.42 Å². The van der Waals surface area contributed by atoms with Gasteiger partial charge in [-0.3, -0.25) is 0 Å². The molecule has 0 atom stereocenters. The van der Waals surface area contributed by atoms with Gasteiger partial charge in [-0.15, -0.1) is 0 Å². The summed E-state index contributed by atoms with van der Waals surface area (Å²) < 4.78 is 0. The van der Waals surface area contributed by atoms with Crippen LogP contribution < -0.4 is 5.32 Å². The predicted octanol–water partition coefficient (Wildman–Crippen LogP) is 3.08. The number of aryl methyl sites for hydroxylation is 1. The van der Waals surface area contributed by atoms with Crippen LogP contribution in [0, 0.1) is 23.7 Å². The molecule has 0 aliphatic heterocycles. The highest BCUT2D eigenvalue weighted by molar-refractivity contribution is 5.83. The number of hydrogen-bond donors (Lipinski definition) is 2. The first-order chi connectivity index (χ1) is 8.65. The van der Waals surface area contributed by atoms with Gasteiger partial charge in [-0.05, 0) is 31.0 Å². The van der Waals surface area contributed by atoms with E-state index in [0.717, 1.165) is 35.6 Å². The summed E-state index contributed by atoms with van der Waals surface area (Å²) in [6.45, 7) is 4.64. The first-order valence-corrected chi connectivity index (χ1v) is 6.30. The van der Waals surface area contributed by atoms with Crippen molar-refractivity contribution in [3.63, 3.8) is 0 Å². The molecule has 0 aromatic carbocycles. The normalized spacial score (nSPS) is 9.83. The van der Waals surface area contributed by atoms with Crippen molar-refractivity contribution in [3.8, 4) is 6.07 Å². The molecule has 0 fully saturated rings. The van der Waals surface area contributed by atoms with Crippen molar-refractivity contribution < 1.29 is 0 Å². The second-order valence-electron chi connectivity index (χ2n) is 4.37. The third-order valence-corrected chi connectivity index (χ3v) is 2.53. The van der Waals surface area contributed by atoms with Gasteiger partial charge >= 0.3 is 0 Å². The van der Waals surface area contributed by atoms with Crippen molar-refractivity contribution in [1.29, 1.82) is 10.7 Å². The third kappa shape index (κ3) is 4.96. The summed E-state index contributed by atoms with van der Waals surface area (Å²) in [5.41, 5.74) is 2.81. The number of anilines is 1. The number of nitrogens with one attached hydrogen (secondary N) is 2. The monoisotopic (exact) mass is 244 g/mol. The summed E-state index contributed by atoms with van der Waals surface area (Å²) in [7, 11) is 0. The Morgan fingerprint density at radius 3 is 2.94 bits per heavy atom. The Morgan fingerprint density at radius 2 is 2.28 bits per heavy atom. The molecule has 0 unspecified atom stereocenters. The molecule has 2 N–H and O–H groups in total. The summed E-state index contributed by atoms with van der Waals surface area (Å²) in [4.78, 5) is 4.37. The Morgan fingerprint density at radius 1 is 1.50 bits per heavy atom. The standard InChI is InChI=1S/C14H20N4/c1-3-5-13(16)9-12-8-11(2)18-14(10-12)17-7-4-6-15/h8,10,16H,3-5,7,9H2,1-2H3,(H,17,18). The minimum Gasteiger partial charge on any atom is -0.369 e. The van der Waals surface area contributed by atoms with Gasteiger partial charge in [-0.25, -0.2) is 4.98 Å². The van der Waals surface area contributed by atoms with Crippen LogP contribution in [0.3, 0.4) is 0 Å². The van der Waals surface area contributed by atoms with Crippen molar-refractivity contribution in [3.05, 3.63) is 23.4 Å². The quantitative estimate of drug-likeness (QED) is 0.572. The van der Waals surface area contributed by atoms with Crippen LogP contribution in [0.1, 0.15) is 37.4 Å². The van der Waals surface area contributed by atoms with E-state index in [1.165, 1.54) is 0 Å². The number of hydrogen-bond acceptors (Lipinski definition) is 4. The van der Waals surface area contributed by atoms with E-state index < -0.39 is 0 Å². The van der Waals surface area contributed by atoms with Crippen LogP contribution in [0.15, 0.2) is 12.1 Å². The molecule has 4 heteroatoms. The van der Waals surface area contributed by atoms with Crippen LogP contribution in [-0.4, -0.2) is 17.2 Å². The van der Waals surface area contributed by atoms with E-state index in [0.29, 0.717) is 19.4 Å². The van der Waals surface area contributed by atoms with Gasteiger partial charge in [0.15, 0.2) is 0 Å². The van der Waals surface area contributed by atoms with Gasteiger partial charge in [-0.1, -0.05) is 13.3 Å². The molecule has 4 nitrogen and oxygen atoms in total. The molecule has 0 aliphatic carbocycles. The Balaban J connectivity index is 2.68. The number of nitriles is 1. The van der Waals surface area contributed by atoms with Gasteiger partial charge in [0.1, 0.15) is 5.82 Å². The van der Waals surface area contributed by atoms with Crippen molar-refractivity contribution in [2.45, 2.75) is 39.5 Å². The maximum atomic E-state index is 8.49. The molecular formula is C14H20N4. The molecule has 18 heavy (non-hydrogen) atoms. The summed E-state index contributed by atoms with van der Waals surface area (Å²) in [5, 5.41) is 19.5. The van der Waals surface area contributed by atoms with Gasteiger partial charge in [0, 0.05) is 24.4 Å². The van der Waals surface area contributed by atoms with E-state index in [2.05, 4.69) is 23.3 Å². The van der Waals surface area contributed by atoms with Crippen LogP contribution in [0.4, 0.5) is 5.82 Å². The topological polar surface area (TPSA) is 72.6 Å². The molecular weight excluding hydrogens is 224 g/mol. The lowest BCUT2D eigenvalue weighted by Crippen LogP contribution is -2.06. The maximum absolute atomic E-state index is 8.49. The molecule has 0 amide bonds. The Labute approximate surface area is 109 Å². The van der Waals surface area contributed by atoms with Crippen LogP contribution in [0.25, 0.3) is 0 Å². The molecule has 1 rings (SSSR count). The van der Waals surface area contributed by atoms with Gasteiger partial charge in [0.25, 0.3) is 0 Å². The summed E-state index contributed by atoms with van der Waals surface area (Å²) in [5.74, 6) is 0.796. The predicted molar refractivity (Wildman–Crippen MR) is 74.0 cm³/mol. The van der Waals surface area contributed by atoms with E-state index in [9.17, 15) is 0 Å². The molecule has 96 valence electrons. The average Bonchev–Trinajstić information content (AvgIpc) is 2.28. The largest absolute Gasteiger partial charge is 0.369 e. The number of nitrogens with zero attached hydrogens (tertiary/aromatic N) is 2. The summed E-state index contributed by atoms with van der Waals surface area (Å²) in [6, 6.07) is 6.07. The van der Waals surface area contributed by atoms with Crippen molar-refractivity contribution in [1.82, 2.24) is 4.98 Å². The van der Waals surface area contributed by atoms with Crippen molar-refractivity contribution in [2.75, 3.05) is 11.9 Å². The SMILES string of the molecule is CCCC(=N)Cc1cc(C)nc(NCCC#N)c1. The smallest absolute Gasteiger partial charge is 0.126 e. The van der Waals surface area contributed by atoms with E-state index >= 15 is 0 Å². The zero-order valence-electron chi connectivity index (χ0n) is 11.1. The van der Waals surface area contributed by atoms with Crippen LogP contribution in [0.2, 0.25) is 0 Å². The molecule has 1 heterocycles. The van der Waals surface area contributed by atoms with Gasteiger partial charge < -0.3 is 10.7 Å². The minimum absolute atomic E-state index is 0.469. The lowest BCUT2D eigenvalue weighted by Gasteiger charge is -2.08. The number of aromatic nitrogens is 1. The summed E-state index contributed by atoms with van der Waals surface area (Å²) in [6.07, 6.45) is 3.01. The Bertz CT molecular complexity index is 446. The van der Waals surface area contributed by atoms with Gasteiger partial charge in [0.2, 0.25) is 0 Å². The zero-order chi connectivity index (χ0) is 13.4. The lowest BCUT2D eigenvalue weighted by atomic mass is 10.1. The third-order valence-electron chi connectivity index (χ3n) is 2.53. The fraction of sp³-hybridized carbons (Fsp3) is 0.500. The Hall–Kier alpha value is -1.89. The first-order valence-electron chi connectivity index (χ1n) is 6.30. The van der Waals surface area contributed by atoms with Crippen LogP contribution in [0.5, 0.6) is 0 Å². The van der Waals surface area contributed by atoms with E-state index in [1.54, 1.807) is 0 Å². The fourth-order valence-electron chi connectivity index (χ4n) is 1.82. The number of rotatable bonds is 7. The van der Waals surface area contributed by atoms with E-state index in [1.807, 2.05) is 19.1 Å². The molecule has 0 aliphatic rings. The van der Waals surface area contributed by atoms with Gasteiger partial charge in [0.05, 0.1) is 12.5 Å². The summed E-state index contributed by atoms with van der Waals surface area (Å²) >= 11 is 0. The van der Waals surface area contributed by atoms with E-state index in [4.69, 9.17) is 10.7 Å². The highest BCUT2D eigenvalue weighted by Gasteiger charge is 2.03. The maximum Gasteiger partial charge on any atom is 0.126 e. The molecule has 1 aromatic heterocycles. The Kier molecular flexibility index (Phi) is 5.86. The molecule has 0 radical (unpaired) electrons. The van der Waals surface area contributed by atoms with Crippen molar-refractivity contribution >= 4 is 11.5 Å². The second kappa shape index (κ2) is 7.44.